The third-order valence-corrected chi connectivity index (χ3v) is 4.60. The molecule has 2 aromatic heterocycles. The summed E-state index contributed by atoms with van der Waals surface area (Å²) in [5, 5.41) is 12.6. The Bertz CT molecular complexity index is 1300. The molecule has 6 heteroatoms. The van der Waals surface area contributed by atoms with Crippen LogP contribution in [0.5, 0.6) is 0 Å². The number of anilines is 1. The van der Waals surface area contributed by atoms with Crippen molar-refractivity contribution >= 4 is 22.7 Å². The van der Waals surface area contributed by atoms with E-state index >= 15 is 0 Å². The van der Waals surface area contributed by atoms with Crippen LogP contribution in [0.1, 0.15) is 10.4 Å². The summed E-state index contributed by atoms with van der Waals surface area (Å²) in [5.41, 5.74) is 2.51. The van der Waals surface area contributed by atoms with Gasteiger partial charge in [-0.25, -0.2) is 0 Å². The first-order valence-corrected chi connectivity index (χ1v) is 9.05. The van der Waals surface area contributed by atoms with Gasteiger partial charge in [-0.3, -0.25) is 10.1 Å². The minimum Gasteiger partial charge on any atom is -0.459 e. The van der Waals surface area contributed by atoms with Crippen LogP contribution in [0.15, 0.2) is 94.0 Å². The van der Waals surface area contributed by atoms with E-state index in [0.717, 1.165) is 21.9 Å². The Balaban J connectivity index is 1.43. The van der Waals surface area contributed by atoms with Crippen LogP contribution in [0.3, 0.4) is 0 Å². The van der Waals surface area contributed by atoms with Crippen LogP contribution < -0.4 is 5.32 Å². The summed E-state index contributed by atoms with van der Waals surface area (Å²) in [6.07, 6.45) is 1.51. The molecule has 6 nitrogen and oxygen atoms in total. The molecule has 140 valence electrons. The Hall–Kier alpha value is -4.19. The van der Waals surface area contributed by atoms with Gasteiger partial charge in [0.25, 0.3) is 11.8 Å². The van der Waals surface area contributed by atoms with Gasteiger partial charge in [0.1, 0.15) is 0 Å². The average Bonchev–Trinajstić information content (AvgIpc) is 3.45. The number of benzene rings is 3. The van der Waals surface area contributed by atoms with Gasteiger partial charge >= 0.3 is 6.01 Å². The maximum atomic E-state index is 12.7. The van der Waals surface area contributed by atoms with Crippen molar-refractivity contribution < 1.29 is 13.6 Å². The number of amides is 1. The monoisotopic (exact) mass is 381 g/mol. The van der Waals surface area contributed by atoms with E-state index in [1.54, 1.807) is 18.2 Å². The van der Waals surface area contributed by atoms with Gasteiger partial charge < -0.3 is 8.83 Å². The molecule has 0 aliphatic heterocycles. The van der Waals surface area contributed by atoms with Crippen molar-refractivity contribution in [2.24, 2.45) is 0 Å². The van der Waals surface area contributed by atoms with E-state index in [4.69, 9.17) is 8.83 Å². The maximum Gasteiger partial charge on any atom is 0.322 e. The molecule has 0 spiro atoms. The summed E-state index contributed by atoms with van der Waals surface area (Å²) < 4.78 is 10.7. The standard InChI is InChI=1S/C23H15N3O3/c27-21(24-23-26-25-22(29-23)20-12-5-13-28-20)17-9-3-8-16(14-17)19-11-4-7-15-6-1-2-10-18(15)19/h1-14H,(H,24,26,27). The molecule has 1 N–H and O–H groups in total. The number of furan rings is 1. The molecular formula is C23H15N3O3. The van der Waals surface area contributed by atoms with Gasteiger partial charge in [0.05, 0.1) is 6.26 Å². The number of nitrogens with one attached hydrogen (secondary N) is 1. The highest BCUT2D eigenvalue weighted by Crippen LogP contribution is 2.29. The topological polar surface area (TPSA) is 81.2 Å². The maximum absolute atomic E-state index is 12.7. The van der Waals surface area contributed by atoms with Crippen molar-refractivity contribution in [1.82, 2.24) is 10.2 Å². The number of nitrogens with zero attached hydrogens (tertiary/aromatic N) is 2. The van der Waals surface area contributed by atoms with E-state index in [9.17, 15) is 4.79 Å². The number of carbonyl (C=O) groups excluding carboxylic acids is 1. The molecule has 3 aromatic carbocycles. The fraction of sp³-hybridized carbons (Fsp3) is 0. The number of fused-ring (bicyclic) bond motifs is 1. The SMILES string of the molecule is O=C(Nc1nnc(-c2ccco2)o1)c1cccc(-c2cccc3ccccc23)c1. The van der Waals surface area contributed by atoms with E-state index in [2.05, 4.69) is 33.7 Å². The van der Waals surface area contributed by atoms with E-state index in [0.29, 0.717) is 11.3 Å². The summed E-state index contributed by atoms with van der Waals surface area (Å²) in [6, 6.07) is 25.2. The zero-order valence-corrected chi connectivity index (χ0v) is 15.2. The molecule has 0 aliphatic carbocycles. The van der Waals surface area contributed by atoms with Gasteiger partial charge in [-0.05, 0) is 46.2 Å². The first-order valence-electron chi connectivity index (χ1n) is 9.05. The average molecular weight is 381 g/mol. The fourth-order valence-electron chi connectivity index (χ4n) is 3.25. The molecule has 0 saturated carbocycles. The van der Waals surface area contributed by atoms with Gasteiger partial charge in [-0.1, -0.05) is 59.7 Å². The lowest BCUT2D eigenvalue weighted by Gasteiger charge is -2.08. The molecule has 0 bridgehead atoms. The number of aromatic nitrogens is 2. The van der Waals surface area contributed by atoms with Crippen LogP contribution in [0.4, 0.5) is 6.01 Å². The van der Waals surface area contributed by atoms with Gasteiger partial charge in [-0.2, -0.15) is 0 Å². The first kappa shape index (κ1) is 16.9. The minimum absolute atomic E-state index is 0.0111. The first-order chi connectivity index (χ1) is 14.3. The number of hydrogen-bond acceptors (Lipinski definition) is 5. The zero-order valence-electron chi connectivity index (χ0n) is 15.2. The summed E-state index contributed by atoms with van der Waals surface area (Å²) in [6.45, 7) is 0. The lowest BCUT2D eigenvalue weighted by atomic mass is 9.97. The fourth-order valence-corrected chi connectivity index (χ4v) is 3.25. The van der Waals surface area contributed by atoms with Crippen LogP contribution in [-0.4, -0.2) is 16.1 Å². The van der Waals surface area contributed by atoms with Crippen LogP contribution in [0, 0.1) is 0 Å². The van der Waals surface area contributed by atoms with Crippen molar-refractivity contribution in [2.45, 2.75) is 0 Å². The predicted molar refractivity (Wildman–Crippen MR) is 109 cm³/mol. The van der Waals surface area contributed by atoms with E-state index in [1.165, 1.54) is 6.26 Å². The minimum atomic E-state index is -0.332. The number of carbonyl (C=O) groups is 1. The molecule has 0 atom stereocenters. The van der Waals surface area contributed by atoms with Crippen molar-refractivity contribution in [1.29, 1.82) is 0 Å². The largest absolute Gasteiger partial charge is 0.459 e. The third kappa shape index (κ3) is 3.27. The van der Waals surface area contributed by atoms with Crippen LogP contribution in [0.25, 0.3) is 33.6 Å². The van der Waals surface area contributed by atoms with Crippen LogP contribution in [0.2, 0.25) is 0 Å². The van der Waals surface area contributed by atoms with Crippen LogP contribution >= 0.6 is 0 Å². The third-order valence-electron chi connectivity index (χ3n) is 4.60. The lowest BCUT2D eigenvalue weighted by molar-refractivity contribution is 0.102. The molecule has 0 fully saturated rings. The highest BCUT2D eigenvalue weighted by Gasteiger charge is 2.15. The van der Waals surface area contributed by atoms with Gasteiger partial charge in [0, 0.05) is 5.56 Å². The van der Waals surface area contributed by atoms with E-state index in [1.807, 2.05) is 42.5 Å². The summed E-state index contributed by atoms with van der Waals surface area (Å²) >= 11 is 0. The normalized spacial score (nSPS) is 10.9. The molecule has 0 aliphatic rings. The highest BCUT2D eigenvalue weighted by molar-refractivity contribution is 6.05. The number of rotatable bonds is 4. The van der Waals surface area contributed by atoms with Gasteiger partial charge in [0.2, 0.25) is 0 Å². The molecule has 2 heterocycles. The van der Waals surface area contributed by atoms with Crippen LogP contribution in [-0.2, 0) is 0 Å². The molecule has 29 heavy (non-hydrogen) atoms. The number of hydrogen-bond donors (Lipinski definition) is 1. The molecule has 0 saturated heterocycles. The van der Waals surface area contributed by atoms with Crippen molar-refractivity contribution in [2.75, 3.05) is 5.32 Å². The summed E-state index contributed by atoms with van der Waals surface area (Å²) in [4.78, 5) is 12.7. The van der Waals surface area contributed by atoms with Gasteiger partial charge in [-0.15, -0.1) is 5.10 Å². The molecule has 1 amide bonds. The Morgan fingerprint density at radius 2 is 1.72 bits per heavy atom. The second-order valence-corrected chi connectivity index (χ2v) is 6.45. The second kappa shape index (κ2) is 7.09. The van der Waals surface area contributed by atoms with Crippen molar-refractivity contribution in [3.63, 3.8) is 0 Å². The molecule has 5 aromatic rings. The lowest BCUT2D eigenvalue weighted by Crippen LogP contribution is -2.12. The Kier molecular flexibility index (Phi) is 4.14. The molecule has 0 radical (unpaired) electrons. The van der Waals surface area contributed by atoms with Gasteiger partial charge in [0.15, 0.2) is 5.76 Å². The highest BCUT2D eigenvalue weighted by atomic mass is 16.4. The Labute approximate surface area is 165 Å². The quantitative estimate of drug-likeness (QED) is 0.451. The Morgan fingerprint density at radius 1 is 0.862 bits per heavy atom. The van der Waals surface area contributed by atoms with E-state index in [-0.39, 0.29) is 17.8 Å². The second-order valence-electron chi connectivity index (χ2n) is 6.45. The summed E-state index contributed by atoms with van der Waals surface area (Å²) in [5.74, 6) is 0.312. The van der Waals surface area contributed by atoms with E-state index < -0.39 is 0 Å². The van der Waals surface area contributed by atoms with Crippen molar-refractivity contribution in [3.05, 3.63) is 90.7 Å². The smallest absolute Gasteiger partial charge is 0.322 e. The predicted octanol–water partition coefficient (Wildman–Crippen LogP) is 5.40. The zero-order chi connectivity index (χ0) is 19.6. The summed E-state index contributed by atoms with van der Waals surface area (Å²) in [7, 11) is 0. The molecule has 5 rings (SSSR count). The van der Waals surface area contributed by atoms with Crippen molar-refractivity contribution in [3.8, 4) is 22.8 Å². The Morgan fingerprint density at radius 3 is 2.62 bits per heavy atom. The molecule has 0 unspecified atom stereocenters. The molecular weight excluding hydrogens is 366 g/mol.